The summed E-state index contributed by atoms with van der Waals surface area (Å²) in [6.45, 7) is 8.77. The van der Waals surface area contributed by atoms with Crippen LogP contribution in [0.4, 0.5) is 5.69 Å². The molecule has 1 N–H and O–H groups in total. The van der Waals surface area contributed by atoms with E-state index in [1.54, 1.807) is 0 Å². The largest absolute Gasteiger partial charge is 0.391 e. The molecular formula is C24H35N3O3. The van der Waals surface area contributed by atoms with Gasteiger partial charge in [-0.15, -0.1) is 0 Å². The lowest BCUT2D eigenvalue weighted by atomic mass is 9.77. The highest BCUT2D eigenvalue weighted by Crippen LogP contribution is 2.38. The Hall–Kier alpha value is -1.47. The fourth-order valence-electron chi connectivity index (χ4n) is 6.20. The Morgan fingerprint density at radius 3 is 2.70 bits per heavy atom. The van der Waals surface area contributed by atoms with E-state index in [0.29, 0.717) is 18.4 Å². The quantitative estimate of drug-likeness (QED) is 0.817. The van der Waals surface area contributed by atoms with Crippen LogP contribution in [0, 0.1) is 18.8 Å². The van der Waals surface area contributed by atoms with Crippen molar-refractivity contribution in [3.05, 3.63) is 29.3 Å². The Balaban J connectivity index is 1.21. The normalized spacial score (nSPS) is 32.7. The first-order valence-electron chi connectivity index (χ1n) is 11.7. The fourth-order valence-corrected chi connectivity index (χ4v) is 6.20. The van der Waals surface area contributed by atoms with E-state index in [1.807, 2.05) is 4.90 Å². The van der Waals surface area contributed by atoms with E-state index in [-0.39, 0.29) is 18.1 Å². The Morgan fingerprint density at radius 2 is 1.90 bits per heavy atom. The van der Waals surface area contributed by atoms with E-state index >= 15 is 0 Å². The summed E-state index contributed by atoms with van der Waals surface area (Å²) in [7, 11) is 0. The van der Waals surface area contributed by atoms with Gasteiger partial charge in [0.1, 0.15) is 0 Å². The van der Waals surface area contributed by atoms with E-state index in [2.05, 4.69) is 34.9 Å². The number of carbonyl (C=O) groups is 1. The summed E-state index contributed by atoms with van der Waals surface area (Å²) in [6.07, 6.45) is 3.76. The highest BCUT2D eigenvalue weighted by Gasteiger charge is 2.44. The van der Waals surface area contributed by atoms with E-state index in [1.165, 1.54) is 11.1 Å². The zero-order valence-electron chi connectivity index (χ0n) is 18.1. The molecule has 30 heavy (non-hydrogen) atoms. The van der Waals surface area contributed by atoms with Gasteiger partial charge in [0.15, 0.2) is 0 Å². The second-order valence-corrected chi connectivity index (χ2v) is 9.75. The van der Waals surface area contributed by atoms with Crippen LogP contribution in [-0.4, -0.2) is 85.4 Å². The van der Waals surface area contributed by atoms with Gasteiger partial charge >= 0.3 is 0 Å². The maximum atomic E-state index is 13.2. The predicted octanol–water partition coefficient (Wildman–Crippen LogP) is 1.68. The van der Waals surface area contributed by atoms with Gasteiger partial charge in [-0.1, -0.05) is 17.7 Å². The number of fused-ring (bicyclic) bond motifs is 2. The maximum Gasteiger partial charge on any atom is 0.241 e. The number of nitrogens with zero attached hydrogens (tertiary/aromatic N) is 3. The Labute approximate surface area is 179 Å². The van der Waals surface area contributed by atoms with Crippen molar-refractivity contribution in [2.75, 3.05) is 57.4 Å². The standard InChI is InChI=1S/C24H35N3O3/c1-17-4-5-21-18(11-17)3-2-6-27(21)24(29)16-25-14-19-12-22(23(28)13-20(19)15-25)26-7-9-30-10-8-26/h4-5,11,19-20,22-23,28H,2-3,6-10,12-16H2,1H3/t19-,20+,22-,23-/m1/s1. The number of likely N-dealkylation sites (tertiary alicyclic amines) is 1. The average Bonchev–Trinajstić information content (AvgIpc) is 3.13. The third-order valence-corrected chi connectivity index (χ3v) is 7.71. The number of aliphatic hydroxyl groups is 1. The molecule has 0 aromatic heterocycles. The van der Waals surface area contributed by atoms with E-state index < -0.39 is 0 Å². The highest BCUT2D eigenvalue weighted by atomic mass is 16.5. The Kier molecular flexibility index (Phi) is 5.84. The molecule has 5 rings (SSSR count). The molecule has 1 saturated carbocycles. The number of anilines is 1. The van der Waals surface area contributed by atoms with Gasteiger partial charge < -0.3 is 14.7 Å². The number of hydrogen-bond donors (Lipinski definition) is 1. The molecule has 6 heteroatoms. The first kappa shape index (κ1) is 20.4. The minimum atomic E-state index is -0.253. The molecule has 6 nitrogen and oxygen atoms in total. The first-order chi connectivity index (χ1) is 14.6. The van der Waals surface area contributed by atoms with Crippen molar-refractivity contribution < 1.29 is 14.6 Å². The number of aliphatic hydroxyl groups excluding tert-OH is 1. The van der Waals surface area contributed by atoms with Crippen molar-refractivity contribution in [1.29, 1.82) is 0 Å². The Bertz CT molecular complexity index is 779. The zero-order chi connectivity index (χ0) is 20.7. The minimum Gasteiger partial charge on any atom is -0.391 e. The second-order valence-electron chi connectivity index (χ2n) is 9.75. The van der Waals surface area contributed by atoms with Crippen LogP contribution in [0.25, 0.3) is 0 Å². The summed E-state index contributed by atoms with van der Waals surface area (Å²) in [5.74, 6) is 1.33. The highest BCUT2D eigenvalue weighted by molar-refractivity contribution is 5.96. The number of ether oxygens (including phenoxy) is 1. The van der Waals surface area contributed by atoms with Crippen LogP contribution in [0.5, 0.6) is 0 Å². The van der Waals surface area contributed by atoms with Gasteiger partial charge in [-0.2, -0.15) is 0 Å². The number of amides is 1. The van der Waals surface area contributed by atoms with Crippen LogP contribution in [0.1, 0.15) is 30.4 Å². The minimum absolute atomic E-state index is 0.226. The molecule has 1 aromatic carbocycles. The summed E-state index contributed by atoms with van der Waals surface area (Å²) in [5, 5.41) is 10.8. The van der Waals surface area contributed by atoms with Crippen molar-refractivity contribution in [2.24, 2.45) is 11.8 Å². The smallest absolute Gasteiger partial charge is 0.241 e. The number of carbonyl (C=O) groups excluding carboxylic acids is 1. The molecule has 4 aliphatic rings. The lowest BCUT2D eigenvalue weighted by Crippen LogP contribution is -2.53. The van der Waals surface area contributed by atoms with Crippen LogP contribution in [0.3, 0.4) is 0 Å². The first-order valence-corrected chi connectivity index (χ1v) is 11.7. The molecule has 3 heterocycles. The predicted molar refractivity (Wildman–Crippen MR) is 117 cm³/mol. The fraction of sp³-hybridized carbons (Fsp3) is 0.708. The van der Waals surface area contributed by atoms with Gasteiger partial charge in [-0.05, 0) is 56.1 Å². The van der Waals surface area contributed by atoms with Gasteiger partial charge in [0.25, 0.3) is 0 Å². The van der Waals surface area contributed by atoms with Crippen molar-refractivity contribution in [1.82, 2.24) is 9.80 Å². The molecular weight excluding hydrogens is 378 g/mol. The average molecular weight is 414 g/mol. The van der Waals surface area contributed by atoms with E-state index in [4.69, 9.17) is 4.74 Å². The monoisotopic (exact) mass is 413 g/mol. The van der Waals surface area contributed by atoms with Crippen LogP contribution >= 0.6 is 0 Å². The SMILES string of the molecule is Cc1ccc2c(c1)CCCN2C(=O)CN1C[C@H]2C[C@@H](N3CCOCC3)[C@H](O)C[C@H]2C1. The van der Waals surface area contributed by atoms with E-state index in [9.17, 15) is 9.90 Å². The molecule has 164 valence electrons. The molecule has 1 aromatic rings. The topological polar surface area (TPSA) is 56.3 Å². The second kappa shape index (κ2) is 8.58. The third-order valence-electron chi connectivity index (χ3n) is 7.71. The van der Waals surface area contributed by atoms with Crippen molar-refractivity contribution >= 4 is 11.6 Å². The molecule has 0 bridgehead atoms. The zero-order valence-corrected chi connectivity index (χ0v) is 18.1. The van der Waals surface area contributed by atoms with Crippen LogP contribution in [0.15, 0.2) is 18.2 Å². The van der Waals surface area contributed by atoms with Crippen LogP contribution in [-0.2, 0) is 16.0 Å². The number of benzene rings is 1. The lowest BCUT2D eigenvalue weighted by Gasteiger charge is -2.43. The van der Waals surface area contributed by atoms with Crippen LogP contribution in [0.2, 0.25) is 0 Å². The summed E-state index contributed by atoms with van der Waals surface area (Å²) < 4.78 is 5.49. The third kappa shape index (κ3) is 4.03. The van der Waals surface area contributed by atoms with Gasteiger partial charge in [0.05, 0.1) is 25.9 Å². The molecule has 1 aliphatic carbocycles. The molecule has 2 saturated heterocycles. The number of hydrogen-bond acceptors (Lipinski definition) is 5. The number of morpholine rings is 1. The molecule has 0 spiro atoms. The van der Waals surface area contributed by atoms with Crippen molar-refractivity contribution in [3.63, 3.8) is 0 Å². The summed E-state index contributed by atoms with van der Waals surface area (Å²) in [4.78, 5) is 20.0. The van der Waals surface area contributed by atoms with Gasteiger partial charge in [-0.25, -0.2) is 0 Å². The molecule has 0 unspecified atom stereocenters. The molecule has 1 amide bonds. The van der Waals surface area contributed by atoms with E-state index in [0.717, 1.165) is 77.3 Å². The van der Waals surface area contributed by atoms with Gasteiger partial charge in [0.2, 0.25) is 5.91 Å². The number of rotatable bonds is 3. The summed E-state index contributed by atoms with van der Waals surface area (Å²) >= 11 is 0. The molecule has 0 radical (unpaired) electrons. The van der Waals surface area contributed by atoms with Gasteiger partial charge in [0, 0.05) is 44.5 Å². The molecule has 3 fully saturated rings. The molecule has 4 atom stereocenters. The summed E-state index contributed by atoms with van der Waals surface area (Å²) in [6, 6.07) is 6.71. The van der Waals surface area contributed by atoms with Gasteiger partial charge in [-0.3, -0.25) is 14.6 Å². The summed E-state index contributed by atoms with van der Waals surface area (Å²) in [5.41, 5.74) is 3.68. The van der Waals surface area contributed by atoms with Crippen LogP contribution < -0.4 is 4.90 Å². The maximum absolute atomic E-state index is 13.2. The van der Waals surface area contributed by atoms with Crippen molar-refractivity contribution in [3.8, 4) is 0 Å². The molecule has 3 aliphatic heterocycles. The van der Waals surface area contributed by atoms with Crippen molar-refractivity contribution in [2.45, 2.75) is 44.8 Å². The number of aryl methyl sites for hydroxylation is 2. The Morgan fingerprint density at radius 1 is 1.13 bits per heavy atom. The lowest BCUT2D eigenvalue weighted by molar-refractivity contribution is -0.119.